The normalized spacial score (nSPS) is 10.0. The lowest BCUT2D eigenvalue weighted by Crippen LogP contribution is -2.14. The first-order valence-corrected chi connectivity index (χ1v) is 2.58. The van der Waals surface area contributed by atoms with Crippen LogP contribution in [0, 0.1) is 0 Å². The molecule has 0 aromatic heterocycles. The van der Waals surface area contributed by atoms with Gasteiger partial charge in [-0.1, -0.05) is 0 Å². The van der Waals surface area contributed by atoms with Crippen LogP contribution in [0.5, 0.6) is 0 Å². The lowest BCUT2D eigenvalue weighted by Gasteiger charge is -2.09. The second-order valence-corrected chi connectivity index (χ2v) is 1.92. The maximum Gasteiger partial charge on any atom is -0.0138 e. The molecule has 0 bridgehead atoms. The van der Waals surface area contributed by atoms with Crippen LogP contribution in [-0.4, -0.2) is 31.3 Å². The molecule has 0 N–H and O–H groups in total. The summed E-state index contributed by atoms with van der Waals surface area (Å²) < 4.78 is 0. The van der Waals surface area contributed by atoms with Crippen molar-refractivity contribution in [3.05, 3.63) is 0 Å². The highest BCUT2D eigenvalue weighted by atomic mass is 32.1. The van der Waals surface area contributed by atoms with Crippen molar-refractivity contribution in [1.29, 1.82) is 0 Å². The Hall–Kier alpha value is 0.310. The summed E-state index contributed by atoms with van der Waals surface area (Å²) in [7, 11) is 4.04. The Labute approximate surface area is 44.7 Å². The molecule has 0 unspecified atom stereocenters. The molecule has 0 rings (SSSR count). The number of hydrogen-bond donors (Lipinski definition) is 0. The molecule has 0 spiro atoms. The Morgan fingerprint density at radius 1 is 1.50 bits per heavy atom. The Morgan fingerprint density at radius 2 is 2.00 bits per heavy atom. The SMILES string of the molecule is CN(C)CC[S-]. The molecule has 0 aliphatic carbocycles. The van der Waals surface area contributed by atoms with Gasteiger partial charge in [-0.15, -0.1) is 0 Å². The zero-order valence-electron chi connectivity index (χ0n) is 4.27. The Morgan fingerprint density at radius 3 is 2.00 bits per heavy atom. The molecule has 0 saturated carbocycles. The molecule has 0 aliphatic heterocycles. The average molecular weight is 104 g/mol. The predicted molar refractivity (Wildman–Crippen MR) is 30.8 cm³/mol. The predicted octanol–water partition coefficient (Wildman–Crippen LogP) is 0.0949. The van der Waals surface area contributed by atoms with Crippen LogP contribution in [-0.2, 0) is 12.6 Å². The standard InChI is InChI=1S/C4H11NS/c1-5(2)3-4-6/h6H,3-4H2,1-2H3/p-1. The van der Waals surface area contributed by atoms with E-state index in [1.54, 1.807) is 0 Å². The molecule has 0 fully saturated rings. The highest BCUT2D eigenvalue weighted by Gasteiger charge is 1.74. The molecule has 0 radical (unpaired) electrons. The lowest BCUT2D eigenvalue weighted by molar-refractivity contribution is 0.438. The molecule has 0 amide bonds. The van der Waals surface area contributed by atoms with Gasteiger partial charge in [0.2, 0.25) is 0 Å². The molecule has 2 heteroatoms. The molecule has 0 aromatic rings. The van der Waals surface area contributed by atoms with Gasteiger partial charge in [0, 0.05) is 0 Å². The first-order chi connectivity index (χ1) is 2.77. The van der Waals surface area contributed by atoms with Crippen LogP contribution in [0.2, 0.25) is 0 Å². The molecule has 6 heavy (non-hydrogen) atoms. The maximum absolute atomic E-state index is 4.69. The fourth-order valence-electron chi connectivity index (χ4n) is 0.183. The molecular weight excluding hydrogens is 94.1 g/mol. The van der Waals surface area contributed by atoms with E-state index in [4.69, 9.17) is 0 Å². The van der Waals surface area contributed by atoms with Crippen LogP contribution in [0.4, 0.5) is 0 Å². The van der Waals surface area contributed by atoms with Crippen LogP contribution in [0.3, 0.4) is 0 Å². The van der Waals surface area contributed by atoms with Gasteiger partial charge in [0.15, 0.2) is 0 Å². The average Bonchev–Trinajstić information content (AvgIpc) is 1.35. The van der Waals surface area contributed by atoms with Crippen molar-refractivity contribution in [3.8, 4) is 0 Å². The summed E-state index contributed by atoms with van der Waals surface area (Å²) in [5, 5.41) is 0. The molecule has 0 saturated heterocycles. The largest absolute Gasteiger partial charge is 0.791 e. The van der Waals surface area contributed by atoms with Crippen LogP contribution < -0.4 is 0 Å². The highest BCUT2D eigenvalue weighted by Crippen LogP contribution is 1.67. The number of rotatable bonds is 2. The molecule has 0 aliphatic rings. The van der Waals surface area contributed by atoms with E-state index in [9.17, 15) is 0 Å². The Balaban J connectivity index is 2.63. The van der Waals surface area contributed by atoms with Gasteiger partial charge in [0.25, 0.3) is 0 Å². The smallest absolute Gasteiger partial charge is 0.0138 e. The quantitative estimate of drug-likeness (QED) is 0.457. The maximum atomic E-state index is 4.69. The molecule has 38 valence electrons. The first-order valence-electron chi connectivity index (χ1n) is 2.00. The fourth-order valence-corrected chi connectivity index (χ4v) is 0.548. The van der Waals surface area contributed by atoms with Crippen molar-refractivity contribution in [2.45, 2.75) is 0 Å². The summed E-state index contributed by atoms with van der Waals surface area (Å²) in [6.07, 6.45) is 0. The van der Waals surface area contributed by atoms with E-state index in [1.165, 1.54) is 0 Å². The van der Waals surface area contributed by atoms with Crippen molar-refractivity contribution >= 4 is 12.6 Å². The molecule has 0 aromatic carbocycles. The minimum atomic E-state index is 0.840. The first kappa shape index (κ1) is 6.31. The zero-order chi connectivity index (χ0) is 4.99. The second kappa shape index (κ2) is 3.50. The number of hydrogen-bond acceptors (Lipinski definition) is 2. The van der Waals surface area contributed by atoms with Crippen LogP contribution in [0.1, 0.15) is 0 Å². The summed E-state index contributed by atoms with van der Waals surface area (Å²) in [5.74, 6) is 0.840. The van der Waals surface area contributed by atoms with Gasteiger partial charge in [-0.25, -0.2) is 0 Å². The topological polar surface area (TPSA) is 3.24 Å². The van der Waals surface area contributed by atoms with E-state index < -0.39 is 0 Å². The third-order valence-electron chi connectivity index (χ3n) is 0.539. The van der Waals surface area contributed by atoms with Crippen molar-refractivity contribution in [2.75, 3.05) is 26.4 Å². The van der Waals surface area contributed by atoms with Crippen LogP contribution in [0.15, 0.2) is 0 Å². The summed E-state index contributed by atoms with van der Waals surface area (Å²) in [5.41, 5.74) is 0. The second-order valence-electron chi connectivity index (χ2n) is 1.51. The van der Waals surface area contributed by atoms with Gasteiger partial charge in [-0.3, -0.25) is 0 Å². The minimum absolute atomic E-state index is 0.840. The van der Waals surface area contributed by atoms with Gasteiger partial charge in [-0.2, -0.15) is 5.75 Å². The van der Waals surface area contributed by atoms with E-state index in [0.717, 1.165) is 12.3 Å². The lowest BCUT2D eigenvalue weighted by atomic mass is 10.7. The Bertz CT molecular complexity index is 28.7. The fraction of sp³-hybridized carbons (Fsp3) is 1.00. The van der Waals surface area contributed by atoms with Crippen LogP contribution >= 0.6 is 0 Å². The molecule has 0 atom stereocenters. The number of nitrogens with zero attached hydrogens (tertiary/aromatic N) is 1. The molecule has 0 heterocycles. The highest BCUT2D eigenvalue weighted by molar-refractivity contribution is 7.58. The third kappa shape index (κ3) is 4.31. The van der Waals surface area contributed by atoms with Gasteiger partial charge < -0.3 is 17.5 Å². The van der Waals surface area contributed by atoms with Crippen LogP contribution in [0.25, 0.3) is 0 Å². The van der Waals surface area contributed by atoms with Crippen molar-refractivity contribution in [2.24, 2.45) is 0 Å². The van der Waals surface area contributed by atoms with Gasteiger partial charge in [0.1, 0.15) is 0 Å². The Kier molecular flexibility index (Phi) is 3.68. The van der Waals surface area contributed by atoms with E-state index in [0.29, 0.717) is 0 Å². The third-order valence-corrected chi connectivity index (χ3v) is 0.721. The monoisotopic (exact) mass is 104 g/mol. The van der Waals surface area contributed by atoms with E-state index >= 15 is 0 Å². The zero-order valence-corrected chi connectivity index (χ0v) is 5.09. The molecular formula is C4H10NS-. The summed E-state index contributed by atoms with van der Waals surface area (Å²) in [4.78, 5) is 2.08. The van der Waals surface area contributed by atoms with E-state index in [2.05, 4.69) is 17.5 Å². The molecule has 1 nitrogen and oxygen atoms in total. The van der Waals surface area contributed by atoms with Crippen molar-refractivity contribution < 1.29 is 0 Å². The summed E-state index contributed by atoms with van der Waals surface area (Å²) in [6.45, 7) is 1.02. The van der Waals surface area contributed by atoms with Gasteiger partial charge in [-0.05, 0) is 20.6 Å². The summed E-state index contributed by atoms with van der Waals surface area (Å²) in [6, 6.07) is 0. The summed E-state index contributed by atoms with van der Waals surface area (Å²) >= 11 is 4.69. The van der Waals surface area contributed by atoms with Gasteiger partial charge in [0.05, 0.1) is 0 Å². The van der Waals surface area contributed by atoms with E-state index in [1.807, 2.05) is 14.1 Å². The van der Waals surface area contributed by atoms with Crippen molar-refractivity contribution in [3.63, 3.8) is 0 Å². The minimum Gasteiger partial charge on any atom is -0.791 e. The van der Waals surface area contributed by atoms with E-state index in [-0.39, 0.29) is 0 Å². The van der Waals surface area contributed by atoms with Crippen molar-refractivity contribution in [1.82, 2.24) is 4.90 Å². The van der Waals surface area contributed by atoms with Gasteiger partial charge >= 0.3 is 0 Å².